The number of hydrogen-bond donors (Lipinski definition) is 3. The predicted octanol–water partition coefficient (Wildman–Crippen LogP) is 3.33. The van der Waals surface area contributed by atoms with Crippen molar-refractivity contribution in [1.82, 2.24) is 10.3 Å². The average molecular weight is 417 g/mol. The van der Waals surface area contributed by atoms with Gasteiger partial charge in [-0.15, -0.1) is 11.3 Å². The van der Waals surface area contributed by atoms with Crippen LogP contribution in [0.15, 0.2) is 29.6 Å². The van der Waals surface area contributed by atoms with Gasteiger partial charge in [0.2, 0.25) is 0 Å². The summed E-state index contributed by atoms with van der Waals surface area (Å²) in [6.45, 7) is 1.75. The molecule has 0 aliphatic carbocycles. The number of nitrogens with zero attached hydrogens (tertiary/aromatic N) is 1. The number of amides is 2. The number of thiazole rings is 1. The molecule has 8 heteroatoms. The van der Waals surface area contributed by atoms with E-state index in [0.717, 1.165) is 3.57 Å². The molecule has 2 rings (SSSR count). The molecule has 21 heavy (non-hydrogen) atoms. The highest BCUT2D eigenvalue weighted by molar-refractivity contribution is 14.1. The average Bonchev–Trinajstić information content (AvgIpc) is 2.91. The summed E-state index contributed by atoms with van der Waals surface area (Å²) < 4.78 is 1.08. The molecular weight excluding hydrogens is 405 g/mol. The van der Waals surface area contributed by atoms with Crippen molar-refractivity contribution in [3.63, 3.8) is 0 Å². The number of nitrogens with one attached hydrogen (secondary N) is 2. The summed E-state index contributed by atoms with van der Waals surface area (Å²) in [6.07, 6.45) is 0. The molecule has 1 atom stereocenters. The second-order valence-electron chi connectivity index (χ2n) is 4.20. The molecule has 3 N–H and O–H groups in total. The van der Waals surface area contributed by atoms with Crippen LogP contribution in [-0.2, 0) is 0 Å². The van der Waals surface area contributed by atoms with Crippen LogP contribution in [0.3, 0.4) is 0 Å². The minimum Gasteiger partial charge on any atom is -0.476 e. The predicted molar refractivity (Wildman–Crippen MR) is 88.8 cm³/mol. The van der Waals surface area contributed by atoms with Crippen molar-refractivity contribution < 1.29 is 14.7 Å². The molecule has 2 aromatic rings. The van der Waals surface area contributed by atoms with Crippen LogP contribution in [-0.4, -0.2) is 22.1 Å². The lowest BCUT2D eigenvalue weighted by molar-refractivity contribution is 0.0691. The molecule has 1 aromatic carbocycles. The molecule has 110 valence electrons. The first-order valence-corrected chi connectivity index (χ1v) is 7.93. The van der Waals surface area contributed by atoms with Gasteiger partial charge in [0.05, 0.1) is 6.04 Å². The fourth-order valence-electron chi connectivity index (χ4n) is 1.54. The van der Waals surface area contributed by atoms with Gasteiger partial charge in [0.1, 0.15) is 5.01 Å². The molecule has 0 saturated carbocycles. The van der Waals surface area contributed by atoms with Gasteiger partial charge in [-0.25, -0.2) is 14.6 Å². The lowest BCUT2D eigenvalue weighted by Crippen LogP contribution is -2.31. The van der Waals surface area contributed by atoms with E-state index >= 15 is 0 Å². The highest BCUT2D eigenvalue weighted by atomic mass is 127. The number of carboxylic acids is 1. The summed E-state index contributed by atoms with van der Waals surface area (Å²) in [6, 6.07) is 6.65. The molecule has 1 unspecified atom stereocenters. The number of halogens is 1. The molecular formula is C13H12IN3O3S. The van der Waals surface area contributed by atoms with Crippen LogP contribution in [0.1, 0.15) is 28.5 Å². The maximum absolute atomic E-state index is 11.9. The van der Waals surface area contributed by atoms with Crippen LogP contribution in [0, 0.1) is 3.57 Å². The third kappa shape index (κ3) is 4.39. The van der Waals surface area contributed by atoms with Crippen molar-refractivity contribution in [2.24, 2.45) is 0 Å². The van der Waals surface area contributed by atoms with E-state index in [9.17, 15) is 9.59 Å². The number of urea groups is 1. The third-order valence-corrected chi connectivity index (χ3v) is 4.31. The normalized spacial score (nSPS) is 11.7. The quantitative estimate of drug-likeness (QED) is 0.666. The standard InChI is InChI=1S/C13H12IN3O3S/c1-7(11-17-10(6-21-11)12(18)19)15-13(20)16-9-4-2-8(14)3-5-9/h2-7H,1H3,(H,18,19)(H2,15,16,20). The fourth-order valence-corrected chi connectivity index (χ4v) is 2.70. The Bertz CT molecular complexity index is 657. The molecule has 0 spiro atoms. The minimum absolute atomic E-state index is 0.0123. The maximum atomic E-state index is 11.9. The van der Waals surface area contributed by atoms with Gasteiger partial charge in [-0.1, -0.05) is 0 Å². The van der Waals surface area contributed by atoms with Gasteiger partial charge in [0, 0.05) is 14.6 Å². The molecule has 0 aliphatic heterocycles. The van der Waals surface area contributed by atoms with Gasteiger partial charge in [-0.2, -0.15) is 0 Å². The van der Waals surface area contributed by atoms with Crippen LogP contribution in [0.2, 0.25) is 0 Å². The Morgan fingerprint density at radius 1 is 1.33 bits per heavy atom. The molecule has 0 bridgehead atoms. The van der Waals surface area contributed by atoms with E-state index in [1.165, 1.54) is 16.7 Å². The Kier molecular flexibility index (Phi) is 5.12. The lowest BCUT2D eigenvalue weighted by atomic mass is 10.3. The van der Waals surface area contributed by atoms with Crippen molar-refractivity contribution in [3.05, 3.63) is 43.9 Å². The number of carbonyl (C=O) groups excluding carboxylic acids is 1. The zero-order valence-electron chi connectivity index (χ0n) is 11.0. The Balaban J connectivity index is 1.95. The van der Waals surface area contributed by atoms with Gasteiger partial charge < -0.3 is 15.7 Å². The van der Waals surface area contributed by atoms with Crippen molar-refractivity contribution in [1.29, 1.82) is 0 Å². The third-order valence-electron chi connectivity index (χ3n) is 2.56. The lowest BCUT2D eigenvalue weighted by Gasteiger charge is -2.12. The Morgan fingerprint density at radius 3 is 2.57 bits per heavy atom. The Hall–Kier alpha value is -1.68. The van der Waals surface area contributed by atoms with Crippen molar-refractivity contribution >= 4 is 51.6 Å². The van der Waals surface area contributed by atoms with Gasteiger partial charge in [-0.05, 0) is 53.8 Å². The second kappa shape index (κ2) is 6.85. The number of carbonyl (C=O) groups is 2. The first-order chi connectivity index (χ1) is 9.95. The van der Waals surface area contributed by atoms with Crippen LogP contribution in [0.25, 0.3) is 0 Å². The molecule has 6 nitrogen and oxygen atoms in total. The van der Waals surface area contributed by atoms with E-state index in [0.29, 0.717) is 10.7 Å². The molecule has 1 heterocycles. The first-order valence-electron chi connectivity index (χ1n) is 5.97. The molecule has 0 fully saturated rings. The number of aromatic carboxylic acids is 1. The second-order valence-corrected chi connectivity index (χ2v) is 6.34. The number of benzene rings is 1. The first kappa shape index (κ1) is 15.7. The number of hydrogen-bond acceptors (Lipinski definition) is 4. The number of carboxylic acid groups (broad SMARTS) is 1. The maximum Gasteiger partial charge on any atom is 0.355 e. The van der Waals surface area contributed by atoms with Gasteiger partial charge in [0.25, 0.3) is 0 Å². The van der Waals surface area contributed by atoms with E-state index in [1.54, 1.807) is 19.1 Å². The zero-order chi connectivity index (χ0) is 15.4. The van der Waals surface area contributed by atoms with Crippen molar-refractivity contribution in [3.8, 4) is 0 Å². The van der Waals surface area contributed by atoms with Crippen LogP contribution in [0.5, 0.6) is 0 Å². The van der Waals surface area contributed by atoms with Gasteiger partial charge in [-0.3, -0.25) is 0 Å². The van der Waals surface area contributed by atoms with Crippen LogP contribution < -0.4 is 10.6 Å². The summed E-state index contributed by atoms with van der Waals surface area (Å²) >= 11 is 3.38. The van der Waals surface area contributed by atoms with E-state index in [4.69, 9.17) is 5.11 Å². The summed E-state index contributed by atoms with van der Waals surface area (Å²) in [7, 11) is 0. The minimum atomic E-state index is -1.08. The fraction of sp³-hybridized carbons (Fsp3) is 0.154. The Morgan fingerprint density at radius 2 is 2.00 bits per heavy atom. The summed E-state index contributed by atoms with van der Waals surface area (Å²) in [5, 5.41) is 16.2. The monoisotopic (exact) mass is 417 g/mol. The van der Waals surface area contributed by atoms with E-state index in [1.807, 2.05) is 12.1 Å². The highest BCUT2D eigenvalue weighted by Crippen LogP contribution is 2.18. The Labute approximate surface area is 138 Å². The summed E-state index contributed by atoms with van der Waals surface area (Å²) in [5.41, 5.74) is 0.673. The topological polar surface area (TPSA) is 91.3 Å². The number of aromatic nitrogens is 1. The van der Waals surface area contributed by atoms with Gasteiger partial charge >= 0.3 is 12.0 Å². The van der Waals surface area contributed by atoms with E-state index in [2.05, 4.69) is 38.2 Å². The molecule has 0 saturated heterocycles. The van der Waals surface area contributed by atoms with E-state index < -0.39 is 5.97 Å². The van der Waals surface area contributed by atoms with Crippen LogP contribution >= 0.6 is 33.9 Å². The summed E-state index contributed by atoms with van der Waals surface area (Å²) in [4.78, 5) is 26.6. The molecule has 0 radical (unpaired) electrons. The smallest absolute Gasteiger partial charge is 0.355 e. The molecule has 2 amide bonds. The zero-order valence-corrected chi connectivity index (χ0v) is 13.9. The van der Waals surface area contributed by atoms with Crippen molar-refractivity contribution in [2.45, 2.75) is 13.0 Å². The SMILES string of the molecule is CC(NC(=O)Nc1ccc(I)cc1)c1nc(C(=O)O)cs1. The van der Waals surface area contributed by atoms with Gasteiger partial charge in [0.15, 0.2) is 5.69 Å². The van der Waals surface area contributed by atoms with E-state index in [-0.39, 0.29) is 17.8 Å². The largest absolute Gasteiger partial charge is 0.476 e. The summed E-state index contributed by atoms with van der Waals surface area (Å²) in [5.74, 6) is -1.08. The highest BCUT2D eigenvalue weighted by Gasteiger charge is 2.15. The van der Waals surface area contributed by atoms with Crippen molar-refractivity contribution in [2.75, 3.05) is 5.32 Å². The molecule has 0 aliphatic rings. The van der Waals surface area contributed by atoms with Crippen LogP contribution in [0.4, 0.5) is 10.5 Å². The molecule has 1 aromatic heterocycles. The number of rotatable bonds is 4. The number of anilines is 1.